The largest absolute Gasteiger partial charge is 0.365 e. The van der Waals surface area contributed by atoms with Crippen molar-refractivity contribution in [3.63, 3.8) is 0 Å². The van der Waals surface area contributed by atoms with E-state index in [0.717, 1.165) is 34.9 Å². The Bertz CT molecular complexity index is 749. The van der Waals surface area contributed by atoms with Crippen LogP contribution in [-0.4, -0.2) is 62.9 Å². The van der Waals surface area contributed by atoms with Crippen LogP contribution in [0.5, 0.6) is 0 Å². The summed E-state index contributed by atoms with van der Waals surface area (Å²) in [5.74, 6) is 0.690. The average molecular weight is 482 g/mol. The van der Waals surface area contributed by atoms with Gasteiger partial charge in [0, 0.05) is 37.3 Å². The summed E-state index contributed by atoms with van der Waals surface area (Å²) < 4.78 is 6.97. The number of fused-ring (bicyclic) bond motifs is 4. The fourth-order valence-electron chi connectivity index (χ4n) is 4.57. The zero-order valence-corrected chi connectivity index (χ0v) is 20.3. The number of piperidine rings is 3. The first-order chi connectivity index (χ1) is 13.8. The standard InChI is InChI=1S/C21H33BrN4O2Si/c1-29(2,3)11-10-28-14-26-20(17-5-4-16(22)12-18(17)24-26)21(27)23-19-13-25-8-6-15(19)7-9-25/h4-5,12,15,19-20,24H,6-11,13-14H2,1-3H3,(H,23,27)/t19-,20?/m0/s1. The summed E-state index contributed by atoms with van der Waals surface area (Å²) in [7, 11) is -1.14. The van der Waals surface area contributed by atoms with Crippen molar-refractivity contribution in [3.8, 4) is 0 Å². The van der Waals surface area contributed by atoms with Gasteiger partial charge in [0.2, 0.25) is 5.91 Å². The number of nitrogens with zero attached hydrogens (tertiary/aromatic N) is 2. The Labute approximate surface area is 183 Å². The van der Waals surface area contributed by atoms with Crippen molar-refractivity contribution in [1.29, 1.82) is 0 Å². The van der Waals surface area contributed by atoms with Crippen molar-refractivity contribution in [2.75, 3.05) is 38.4 Å². The molecule has 1 aromatic carbocycles. The van der Waals surface area contributed by atoms with Crippen molar-refractivity contribution in [2.45, 2.75) is 50.6 Å². The lowest BCUT2D eigenvalue weighted by Crippen LogP contribution is -2.58. The highest BCUT2D eigenvalue weighted by molar-refractivity contribution is 9.10. The third-order valence-corrected chi connectivity index (χ3v) is 8.54. The molecule has 0 spiro atoms. The van der Waals surface area contributed by atoms with Crippen LogP contribution >= 0.6 is 15.9 Å². The summed E-state index contributed by atoms with van der Waals surface area (Å²) in [6, 6.07) is 7.10. The molecule has 2 bridgehead atoms. The first-order valence-electron chi connectivity index (χ1n) is 10.7. The normalized spacial score (nSPS) is 28.8. The molecule has 4 aliphatic rings. The van der Waals surface area contributed by atoms with Gasteiger partial charge in [0.1, 0.15) is 12.8 Å². The van der Waals surface area contributed by atoms with Gasteiger partial charge >= 0.3 is 0 Å². The number of amides is 1. The third-order valence-electron chi connectivity index (χ3n) is 6.34. The minimum atomic E-state index is -1.14. The molecular weight excluding hydrogens is 448 g/mol. The molecule has 0 aliphatic carbocycles. The average Bonchev–Trinajstić information content (AvgIpc) is 3.03. The summed E-state index contributed by atoms with van der Waals surface area (Å²) in [6.07, 6.45) is 2.39. The number of hydrogen-bond acceptors (Lipinski definition) is 5. The Morgan fingerprint density at radius 3 is 2.72 bits per heavy atom. The second-order valence-corrected chi connectivity index (χ2v) is 16.4. The summed E-state index contributed by atoms with van der Waals surface area (Å²) in [5.41, 5.74) is 5.38. The zero-order valence-electron chi connectivity index (χ0n) is 17.7. The van der Waals surface area contributed by atoms with E-state index in [1.165, 1.54) is 25.9 Å². The topological polar surface area (TPSA) is 56.8 Å². The highest BCUT2D eigenvalue weighted by Gasteiger charge is 2.40. The van der Waals surface area contributed by atoms with Crippen LogP contribution in [0.2, 0.25) is 25.7 Å². The van der Waals surface area contributed by atoms with Gasteiger partial charge in [0.25, 0.3) is 0 Å². The number of ether oxygens (including phenoxy) is 1. The molecule has 1 aromatic rings. The maximum absolute atomic E-state index is 13.4. The molecule has 2 atom stereocenters. The lowest BCUT2D eigenvalue weighted by Gasteiger charge is -2.45. The molecule has 4 aliphatic heterocycles. The van der Waals surface area contributed by atoms with E-state index in [9.17, 15) is 4.79 Å². The number of hydrogen-bond donors (Lipinski definition) is 2. The van der Waals surface area contributed by atoms with E-state index in [0.29, 0.717) is 12.6 Å². The van der Waals surface area contributed by atoms with E-state index in [1.807, 2.05) is 23.2 Å². The van der Waals surface area contributed by atoms with Crippen LogP contribution in [-0.2, 0) is 9.53 Å². The van der Waals surface area contributed by atoms with Crippen LogP contribution in [0.15, 0.2) is 22.7 Å². The number of anilines is 1. The predicted octanol–water partition coefficient (Wildman–Crippen LogP) is 3.66. The van der Waals surface area contributed by atoms with Gasteiger partial charge in [0.05, 0.1) is 5.69 Å². The molecular formula is C21H33BrN4O2Si. The second-order valence-electron chi connectivity index (χ2n) is 9.82. The minimum absolute atomic E-state index is 0.0751. The van der Waals surface area contributed by atoms with E-state index >= 15 is 0 Å². The van der Waals surface area contributed by atoms with E-state index < -0.39 is 8.07 Å². The van der Waals surface area contributed by atoms with E-state index in [-0.39, 0.29) is 18.0 Å². The molecule has 29 heavy (non-hydrogen) atoms. The van der Waals surface area contributed by atoms with Crippen LogP contribution in [0.1, 0.15) is 24.4 Å². The SMILES string of the molecule is C[Si](C)(C)CCOCN1Nc2cc(Br)ccc2C1C(=O)N[C@H]1CN2CCC1CC2. The van der Waals surface area contributed by atoms with Crippen molar-refractivity contribution in [3.05, 3.63) is 28.2 Å². The number of nitrogens with one attached hydrogen (secondary N) is 2. The van der Waals surface area contributed by atoms with E-state index in [2.05, 4.69) is 51.2 Å². The van der Waals surface area contributed by atoms with Gasteiger partial charge in [-0.2, -0.15) is 5.01 Å². The van der Waals surface area contributed by atoms with Gasteiger partial charge in [-0.25, -0.2) is 0 Å². The number of hydrazine groups is 1. The maximum atomic E-state index is 13.4. The molecule has 3 saturated heterocycles. The fraction of sp³-hybridized carbons (Fsp3) is 0.667. The summed E-state index contributed by atoms with van der Waals surface area (Å²) in [4.78, 5) is 15.8. The molecule has 0 saturated carbocycles. The van der Waals surface area contributed by atoms with Crippen LogP contribution in [0.3, 0.4) is 0 Å². The van der Waals surface area contributed by atoms with Crippen molar-refractivity contribution < 1.29 is 9.53 Å². The molecule has 160 valence electrons. The number of halogens is 1. The van der Waals surface area contributed by atoms with Crippen LogP contribution in [0.25, 0.3) is 0 Å². The number of carbonyl (C=O) groups is 1. The van der Waals surface area contributed by atoms with E-state index in [1.54, 1.807) is 0 Å². The fourth-order valence-corrected chi connectivity index (χ4v) is 5.69. The molecule has 2 N–H and O–H groups in total. The second kappa shape index (κ2) is 8.67. The maximum Gasteiger partial charge on any atom is 0.244 e. The first kappa shape index (κ1) is 21.3. The van der Waals surface area contributed by atoms with Crippen LogP contribution in [0.4, 0.5) is 5.69 Å². The first-order valence-corrected chi connectivity index (χ1v) is 15.2. The zero-order chi connectivity index (χ0) is 20.6. The van der Waals surface area contributed by atoms with Gasteiger partial charge in [-0.1, -0.05) is 41.6 Å². The smallest absolute Gasteiger partial charge is 0.244 e. The summed E-state index contributed by atoms with van der Waals surface area (Å²) in [5, 5.41) is 5.31. The molecule has 1 amide bonds. The van der Waals surface area contributed by atoms with Gasteiger partial charge in [0.15, 0.2) is 0 Å². The number of carbonyl (C=O) groups excluding carboxylic acids is 1. The number of benzene rings is 1. The highest BCUT2D eigenvalue weighted by Crippen LogP contribution is 2.37. The molecule has 1 unspecified atom stereocenters. The van der Waals surface area contributed by atoms with Crippen molar-refractivity contribution in [2.24, 2.45) is 5.92 Å². The molecule has 4 heterocycles. The Hall–Kier alpha value is -0.933. The molecule has 3 fully saturated rings. The quantitative estimate of drug-likeness (QED) is 0.460. The lowest BCUT2D eigenvalue weighted by molar-refractivity contribution is -0.130. The van der Waals surface area contributed by atoms with Gasteiger partial charge in [-0.15, -0.1) is 0 Å². The summed E-state index contributed by atoms with van der Waals surface area (Å²) >= 11 is 3.54. The Morgan fingerprint density at radius 2 is 2.07 bits per heavy atom. The summed E-state index contributed by atoms with van der Waals surface area (Å²) in [6.45, 7) is 11.5. The van der Waals surface area contributed by atoms with Crippen LogP contribution < -0.4 is 10.7 Å². The van der Waals surface area contributed by atoms with Crippen LogP contribution in [0, 0.1) is 5.92 Å². The monoisotopic (exact) mass is 480 g/mol. The minimum Gasteiger partial charge on any atom is -0.365 e. The molecule has 0 aromatic heterocycles. The van der Waals surface area contributed by atoms with Gasteiger partial charge < -0.3 is 20.4 Å². The molecule has 5 rings (SSSR count). The Balaban J connectivity index is 1.44. The predicted molar refractivity (Wildman–Crippen MR) is 122 cm³/mol. The van der Waals surface area contributed by atoms with Gasteiger partial charge in [-0.05, 0) is 50.0 Å². The lowest BCUT2D eigenvalue weighted by atomic mass is 9.84. The molecule has 0 radical (unpaired) electrons. The third kappa shape index (κ3) is 5.04. The molecule has 8 heteroatoms. The van der Waals surface area contributed by atoms with Crippen molar-refractivity contribution >= 4 is 35.6 Å². The number of rotatable bonds is 7. The van der Waals surface area contributed by atoms with Crippen molar-refractivity contribution in [1.82, 2.24) is 15.2 Å². The Morgan fingerprint density at radius 1 is 1.31 bits per heavy atom. The van der Waals surface area contributed by atoms with Gasteiger partial charge in [-0.3, -0.25) is 4.79 Å². The highest BCUT2D eigenvalue weighted by atomic mass is 79.9. The Kier molecular flexibility index (Phi) is 6.37. The molecule has 6 nitrogen and oxygen atoms in total. The van der Waals surface area contributed by atoms with E-state index in [4.69, 9.17) is 4.74 Å².